The molecule has 0 saturated heterocycles. The zero-order valence-electron chi connectivity index (χ0n) is 9.94. The number of nitrogens with zero attached hydrogens (tertiary/aromatic N) is 2. The van der Waals surface area contributed by atoms with Crippen molar-refractivity contribution in [3.8, 4) is 0 Å². The van der Waals surface area contributed by atoms with Crippen LogP contribution in [-0.2, 0) is 0 Å². The summed E-state index contributed by atoms with van der Waals surface area (Å²) in [6, 6.07) is 2.49. The molecule has 16 heavy (non-hydrogen) atoms. The van der Waals surface area contributed by atoms with E-state index >= 15 is 0 Å². The number of hydrogen-bond donors (Lipinski definition) is 1. The smallest absolute Gasteiger partial charge is 0.223 e. The van der Waals surface area contributed by atoms with E-state index in [1.54, 1.807) is 0 Å². The lowest BCUT2D eigenvalue weighted by Gasteiger charge is -2.27. The van der Waals surface area contributed by atoms with E-state index in [2.05, 4.69) is 21.5 Å². The van der Waals surface area contributed by atoms with Crippen molar-refractivity contribution in [2.75, 3.05) is 11.6 Å². The Morgan fingerprint density at radius 3 is 2.69 bits per heavy atom. The van der Waals surface area contributed by atoms with Crippen LogP contribution in [0.15, 0.2) is 12.3 Å². The summed E-state index contributed by atoms with van der Waals surface area (Å²) < 4.78 is 0. The maximum atomic E-state index is 4.38. The van der Waals surface area contributed by atoms with E-state index in [1.165, 1.54) is 25.7 Å². The molecule has 1 aromatic rings. The summed E-state index contributed by atoms with van der Waals surface area (Å²) >= 11 is 2.00. The summed E-state index contributed by atoms with van der Waals surface area (Å²) in [6.45, 7) is 2.00. The van der Waals surface area contributed by atoms with E-state index in [9.17, 15) is 0 Å². The Bertz CT molecular complexity index is 335. The van der Waals surface area contributed by atoms with Gasteiger partial charge >= 0.3 is 0 Å². The molecule has 0 aliphatic heterocycles. The third kappa shape index (κ3) is 3.11. The molecule has 1 N–H and O–H groups in total. The molecule has 1 fully saturated rings. The van der Waals surface area contributed by atoms with Gasteiger partial charge in [0.25, 0.3) is 0 Å². The number of thioether (sulfide) groups is 1. The molecule has 0 spiro atoms. The summed E-state index contributed by atoms with van der Waals surface area (Å²) in [7, 11) is 0. The SMILES string of the molecule is CSC1CCC(Nc2nccc(C)n2)CC1. The van der Waals surface area contributed by atoms with Gasteiger partial charge in [-0.1, -0.05) is 0 Å². The second-order valence-electron chi connectivity index (χ2n) is 4.38. The van der Waals surface area contributed by atoms with E-state index in [0.717, 1.165) is 16.9 Å². The summed E-state index contributed by atoms with van der Waals surface area (Å²) in [5.41, 5.74) is 1.02. The van der Waals surface area contributed by atoms with Gasteiger partial charge in [-0.05, 0) is 44.9 Å². The zero-order chi connectivity index (χ0) is 11.4. The molecule has 0 amide bonds. The minimum Gasteiger partial charge on any atom is -0.351 e. The fraction of sp³-hybridized carbons (Fsp3) is 0.667. The van der Waals surface area contributed by atoms with Gasteiger partial charge in [0.2, 0.25) is 5.95 Å². The van der Waals surface area contributed by atoms with Gasteiger partial charge < -0.3 is 5.32 Å². The number of hydrogen-bond acceptors (Lipinski definition) is 4. The molecule has 1 aliphatic rings. The third-order valence-electron chi connectivity index (χ3n) is 3.14. The van der Waals surface area contributed by atoms with Crippen molar-refractivity contribution >= 4 is 17.7 Å². The van der Waals surface area contributed by atoms with Crippen LogP contribution in [-0.4, -0.2) is 27.5 Å². The first-order valence-electron chi connectivity index (χ1n) is 5.87. The highest BCUT2D eigenvalue weighted by Gasteiger charge is 2.20. The fourth-order valence-electron chi connectivity index (χ4n) is 2.14. The van der Waals surface area contributed by atoms with Crippen molar-refractivity contribution in [2.24, 2.45) is 0 Å². The molecule has 4 heteroatoms. The lowest BCUT2D eigenvalue weighted by atomic mass is 9.95. The summed E-state index contributed by atoms with van der Waals surface area (Å²) in [5.74, 6) is 0.785. The van der Waals surface area contributed by atoms with E-state index in [0.29, 0.717) is 6.04 Å². The molecule has 0 atom stereocenters. The van der Waals surface area contributed by atoms with Crippen molar-refractivity contribution in [2.45, 2.75) is 43.9 Å². The Labute approximate surface area is 101 Å². The van der Waals surface area contributed by atoms with Crippen LogP contribution >= 0.6 is 11.8 Å². The highest BCUT2D eigenvalue weighted by molar-refractivity contribution is 7.99. The van der Waals surface area contributed by atoms with E-state index in [-0.39, 0.29) is 0 Å². The minimum absolute atomic E-state index is 0.560. The largest absolute Gasteiger partial charge is 0.351 e. The Balaban J connectivity index is 1.87. The first-order valence-corrected chi connectivity index (χ1v) is 7.15. The van der Waals surface area contributed by atoms with Crippen molar-refractivity contribution < 1.29 is 0 Å². The zero-order valence-corrected chi connectivity index (χ0v) is 10.8. The molecule has 0 radical (unpaired) electrons. The molecule has 1 saturated carbocycles. The molecule has 3 nitrogen and oxygen atoms in total. The molecular weight excluding hydrogens is 218 g/mol. The van der Waals surface area contributed by atoms with Gasteiger partial charge in [0.1, 0.15) is 0 Å². The Hall–Kier alpha value is -0.770. The van der Waals surface area contributed by atoms with Crippen LogP contribution in [0.3, 0.4) is 0 Å². The fourth-order valence-corrected chi connectivity index (χ4v) is 2.89. The normalized spacial score (nSPS) is 25.4. The summed E-state index contributed by atoms with van der Waals surface area (Å²) in [4.78, 5) is 8.62. The second-order valence-corrected chi connectivity index (χ2v) is 5.51. The van der Waals surface area contributed by atoms with Gasteiger partial charge in [0, 0.05) is 23.2 Å². The molecule has 2 rings (SSSR count). The van der Waals surface area contributed by atoms with Crippen molar-refractivity contribution in [1.29, 1.82) is 0 Å². The number of rotatable bonds is 3. The van der Waals surface area contributed by atoms with Gasteiger partial charge in [-0.2, -0.15) is 11.8 Å². The Morgan fingerprint density at radius 2 is 2.06 bits per heavy atom. The van der Waals surface area contributed by atoms with Crippen LogP contribution in [0.2, 0.25) is 0 Å². The number of aromatic nitrogens is 2. The van der Waals surface area contributed by atoms with Gasteiger partial charge in [0.15, 0.2) is 0 Å². The highest BCUT2D eigenvalue weighted by Crippen LogP contribution is 2.27. The molecule has 1 heterocycles. The van der Waals surface area contributed by atoms with Crippen LogP contribution in [0, 0.1) is 6.92 Å². The van der Waals surface area contributed by atoms with Crippen molar-refractivity contribution in [1.82, 2.24) is 9.97 Å². The first kappa shape index (κ1) is 11.7. The maximum absolute atomic E-state index is 4.38. The molecule has 0 bridgehead atoms. The summed E-state index contributed by atoms with van der Waals surface area (Å²) in [6.07, 6.45) is 9.13. The predicted molar refractivity (Wildman–Crippen MR) is 70.0 cm³/mol. The van der Waals surface area contributed by atoms with Gasteiger partial charge in [-0.15, -0.1) is 0 Å². The maximum Gasteiger partial charge on any atom is 0.223 e. The van der Waals surface area contributed by atoms with Crippen LogP contribution < -0.4 is 5.32 Å². The Kier molecular flexibility index (Phi) is 4.04. The molecule has 88 valence electrons. The minimum atomic E-state index is 0.560. The van der Waals surface area contributed by atoms with Crippen LogP contribution in [0.4, 0.5) is 5.95 Å². The molecule has 1 aromatic heterocycles. The lowest BCUT2D eigenvalue weighted by molar-refractivity contribution is 0.471. The molecular formula is C12H19N3S. The molecule has 0 aromatic carbocycles. The molecule has 0 unspecified atom stereocenters. The van der Waals surface area contributed by atoms with Crippen molar-refractivity contribution in [3.63, 3.8) is 0 Å². The number of nitrogens with one attached hydrogen (secondary N) is 1. The number of anilines is 1. The third-order valence-corrected chi connectivity index (χ3v) is 4.27. The van der Waals surface area contributed by atoms with Crippen LogP contribution in [0.1, 0.15) is 31.4 Å². The topological polar surface area (TPSA) is 37.8 Å². The van der Waals surface area contributed by atoms with E-state index in [4.69, 9.17) is 0 Å². The van der Waals surface area contributed by atoms with Crippen LogP contribution in [0.25, 0.3) is 0 Å². The van der Waals surface area contributed by atoms with Gasteiger partial charge in [-0.3, -0.25) is 0 Å². The summed E-state index contributed by atoms with van der Waals surface area (Å²) in [5, 5.41) is 4.29. The van der Waals surface area contributed by atoms with Crippen molar-refractivity contribution in [3.05, 3.63) is 18.0 Å². The second kappa shape index (κ2) is 5.53. The number of aryl methyl sites for hydroxylation is 1. The molecule has 1 aliphatic carbocycles. The van der Waals surface area contributed by atoms with E-state index in [1.807, 2.05) is 30.9 Å². The average Bonchev–Trinajstić information content (AvgIpc) is 2.30. The Morgan fingerprint density at radius 1 is 1.31 bits per heavy atom. The predicted octanol–water partition coefficient (Wildman–Crippen LogP) is 2.87. The van der Waals surface area contributed by atoms with Gasteiger partial charge in [0.05, 0.1) is 0 Å². The van der Waals surface area contributed by atoms with Gasteiger partial charge in [-0.25, -0.2) is 9.97 Å². The van der Waals surface area contributed by atoms with E-state index < -0.39 is 0 Å². The first-order chi connectivity index (χ1) is 7.78. The van der Waals surface area contributed by atoms with Crippen LogP contribution in [0.5, 0.6) is 0 Å². The quantitative estimate of drug-likeness (QED) is 0.877. The lowest BCUT2D eigenvalue weighted by Crippen LogP contribution is -2.27. The average molecular weight is 237 g/mol. The highest BCUT2D eigenvalue weighted by atomic mass is 32.2. The monoisotopic (exact) mass is 237 g/mol. The standard InChI is InChI=1S/C12H19N3S/c1-9-7-8-13-12(14-9)15-10-3-5-11(16-2)6-4-10/h7-8,10-11H,3-6H2,1-2H3,(H,13,14,15).